The zero-order valence-electron chi connectivity index (χ0n) is 13.4. The molecule has 0 radical (unpaired) electrons. The van der Waals surface area contributed by atoms with Gasteiger partial charge in [-0.3, -0.25) is 4.57 Å². The number of phenolic OH excluding ortho intramolecular Hbond substituents is 1. The van der Waals surface area contributed by atoms with Gasteiger partial charge in [0.1, 0.15) is 11.6 Å². The highest BCUT2D eigenvalue weighted by Crippen LogP contribution is 2.38. The highest BCUT2D eigenvalue weighted by Gasteiger charge is 2.31. The second-order valence-electron chi connectivity index (χ2n) is 5.61. The van der Waals surface area contributed by atoms with Crippen LogP contribution in [0.5, 0.6) is 5.75 Å². The van der Waals surface area contributed by atoms with Crippen LogP contribution in [0.4, 0.5) is 13.2 Å². The van der Waals surface area contributed by atoms with E-state index in [0.717, 1.165) is 18.2 Å². The molecule has 0 bridgehead atoms. The Morgan fingerprint density at radius 3 is 2.50 bits per heavy atom. The number of hydrogen-bond donors (Lipinski definition) is 2. The molecule has 0 saturated heterocycles. The van der Waals surface area contributed by atoms with E-state index >= 15 is 0 Å². The van der Waals surface area contributed by atoms with Gasteiger partial charge in [0, 0.05) is 11.3 Å². The summed E-state index contributed by atoms with van der Waals surface area (Å²) >= 11 is 0. The van der Waals surface area contributed by atoms with Crippen LogP contribution >= 0.6 is 0 Å². The van der Waals surface area contributed by atoms with E-state index in [0.29, 0.717) is 5.69 Å². The molecule has 2 N–H and O–H groups in total. The molecular formula is C18H13F3N2O3. The van der Waals surface area contributed by atoms with Gasteiger partial charge in [-0.15, -0.1) is 0 Å². The van der Waals surface area contributed by atoms with Crippen molar-refractivity contribution >= 4 is 5.97 Å². The van der Waals surface area contributed by atoms with Crippen molar-refractivity contribution in [3.05, 3.63) is 65.5 Å². The van der Waals surface area contributed by atoms with Gasteiger partial charge in [-0.1, -0.05) is 6.07 Å². The fourth-order valence-corrected chi connectivity index (χ4v) is 2.64. The first-order chi connectivity index (χ1) is 12.2. The Kier molecular flexibility index (Phi) is 4.19. The fraction of sp³-hybridized carbons (Fsp3) is 0.111. The Hall–Kier alpha value is -3.29. The van der Waals surface area contributed by atoms with Crippen LogP contribution in [0.3, 0.4) is 0 Å². The van der Waals surface area contributed by atoms with E-state index in [1.165, 1.54) is 22.8 Å². The van der Waals surface area contributed by atoms with Gasteiger partial charge in [0.05, 0.1) is 11.3 Å². The number of halogens is 3. The van der Waals surface area contributed by atoms with Gasteiger partial charge in [0.25, 0.3) is 0 Å². The Labute approximate surface area is 146 Å². The average molecular weight is 362 g/mol. The van der Waals surface area contributed by atoms with E-state index in [2.05, 4.69) is 4.98 Å². The quantitative estimate of drug-likeness (QED) is 0.730. The molecule has 0 saturated carbocycles. The summed E-state index contributed by atoms with van der Waals surface area (Å²) in [6.45, 7) is 1.70. The number of aromatic nitrogens is 2. The molecule has 0 aliphatic carbocycles. The van der Waals surface area contributed by atoms with Gasteiger partial charge in [-0.2, -0.15) is 13.2 Å². The first-order valence-electron chi connectivity index (χ1n) is 7.48. The molecule has 1 aromatic carbocycles. The van der Waals surface area contributed by atoms with Crippen molar-refractivity contribution in [2.45, 2.75) is 13.1 Å². The molecule has 0 fully saturated rings. The van der Waals surface area contributed by atoms with Crippen LogP contribution in [-0.2, 0) is 6.18 Å². The molecule has 3 aromatic rings. The normalized spacial score (nSPS) is 11.5. The molecule has 3 rings (SSSR count). The first-order valence-corrected chi connectivity index (χ1v) is 7.48. The van der Waals surface area contributed by atoms with Gasteiger partial charge in [0.2, 0.25) is 0 Å². The maximum atomic E-state index is 13.0. The number of rotatable bonds is 3. The molecule has 8 heteroatoms. The molecule has 26 heavy (non-hydrogen) atoms. The highest BCUT2D eigenvalue weighted by molar-refractivity contribution is 5.85. The summed E-state index contributed by atoms with van der Waals surface area (Å²) in [7, 11) is 0. The van der Waals surface area contributed by atoms with Crippen molar-refractivity contribution in [2.75, 3.05) is 0 Å². The van der Waals surface area contributed by atoms with Crippen molar-refractivity contribution in [1.82, 2.24) is 9.55 Å². The van der Waals surface area contributed by atoms with Crippen molar-refractivity contribution in [3.8, 4) is 22.8 Å². The summed E-state index contributed by atoms with van der Waals surface area (Å²) in [5, 5.41) is 19.2. The van der Waals surface area contributed by atoms with E-state index in [1.54, 1.807) is 19.1 Å². The summed E-state index contributed by atoms with van der Waals surface area (Å²) in [4.78, 5) is 15.2. The summed E-state index contributed by atoms with van der Waals surface area (Å²) < 4.78 is 40.5. The van der Waals surface area contributed by atoms with Crippen LogP contribution in [0.15, 0.2) is 48.5 Å². The Balaban J connectivity index is 2.21. The zero-order chi connectivity index (χ0) is 19.1. The number of phenols is 1. The second-order valence-corrected chi connectivity index (χ2v) is 5.61. The van der Waals surface area contributed by atoms with E-state index < -0.39 is 17.7 Å². The van der Waals surface area contributed by atoms with Gasteiger partial charge >= 0.3 is 12.1 Å². The smallest absolute Gasteiger partial charge is 0.416 e. The van der Waals surface area contributed by atoms with Gasteiger partial charge < -0.3 is 10.2 Å². The van der Waals surface area contributed by atoms with E-state index in [1.807, 2.05) is 0 Å². The molecule has 0 aliphatic heterocycles. The number of aromatic carboxylic acids is 1. The molecule has 5 nitrogen and oxygen atoms in total. The molecule has 134 valence electrons. The summed E-state index contributed by atoms with van der Waals surface area (Å²) in [6, 6.07) is 10.1. The number of nitrogens with zero attached hydrogens (tertiary/aromatic N) is 2. The molecule has 0 unspecified atom stereocenters. The second kappa shape index (κ2) is 6.21. The molecule has 2 aromatic heterocycles. The van der Waals surface area contributed by atoms with Crippen LogP contribution in [0.25, 0.3) is 17.1 Å². The van der Waals surface area contributed by atoms with Crippen LogP contribution in [0.1, 0.15) is 21.7 Å². The number of hydrogen-bond acceptors (Lipinski definition) is 3. The molecule has 0 amide bonds. The predicted octanol–water partition coefficient (Wildman–Crippen LogP) is 4.27. The van der Waals surface area contributed by atoms with Gasteiger partial charge in [-0.05, 0) is 49.4 Å². The molecular weight excluding hydrogens is 349 g/mol. The van der Waals surface area contributed by atoms with E-state index in [9.17, 15) is 23.1 Å². The lowest BCUT2D eigenvalue weighted by molar-refractivity contribution is -0.137. The number of carboxylic acids is 1. The maximum absolute atomic E-state index is 13.0. The topological polar surface area (TPSA) is 75.4 Å². The molecule has 0 atom stereocenters. The van der Waals surface area contributed by atoms with Crippen LogP contribution in [-0.4, -0.2) is 25.7 Å². The third kappa shape index (κ3) is 3.13. The summed E-state index contributed by atoms with van der Waals surface area (Å²) in [5.41, 5.74) is -0.249. The van der Waals surface area contributed by atoms with Gasteiger partial charge in [0.15, 0.2) is 5.69 Å². The lowest BCUT2D eigenvalue weighted by Crippen LogP contribution is -2.08. The van der Waals surface area contributed by atoms with Crippen molar-refractivity contribution in [2.24, 2.45) is 0 Å². The Bertz CT molecular complexity index is 994. The number of benzene rings is 1. The Morgan fingerprint density at radius 1 is 1.12 bits per heavy atom. The lowest BCUT2D eigenvalue weighted by Gasteiger charge is -2.14. The number of alkyl halides is 3. The monoisotopic (exact) mass is 362 g/mol. The van der Waals surface area contributed by atoms with Crippen molar-refractivity contribution < 1.29 is 28.2 Å². The maximum Gasteiger partial charge on any atom is 0.416 e. The van der Waals surface area contributed by atoms with Crippen molar-refractivity contribution in [1.29, 1.82) is 0 Å². The molecule has 2 heterocycles. The number of carboxylic acid groups (broad SMARTS) is 1. The third-order valence-corrected chi connectivity index (χ3v) is 3.86. The van der Waals surface area contributed by atoms with E-state index in [4.69, 9.17) is 5.11 Å². The van der Waals surface area contributed by atoms with Crippen LogP contribution in [0.2, 0.25) is 0 Å². The van der Waals surface area contributed by atoms with Crippen LogP contribution in [0, 0.1) is 6.92 Å². The van der Waals surface area contributed by atoms with E-state index in [-0.39, 0.29) is 28.5 Å². The fourth-order valence-electron chi connectivity index (χ4n) is 2.64. The number of aryl methyl sites for hydroxylation is 1. The SMILES string of the molecule is Cc1ccc(-c2cc(C(F)(F)F)ccc2O)n1-c1cccc(C(=O)O)n1. The number of aromatic hydroxyl groups is 1. The zero-order valence-corrected chi connectivity index (χ0v) is 13.4. The minimum atomic E-state index is -4.56. The minimum absolute atomic E-state index is 0.0320. The molecule has 0 spiro atoms. The first kappa shape index (κ1) is 17.5. The number of pyridine rings is 1. The number of carbonyl (C=O) groups is 1. The summed E-state index contributed by atoms with van der Waals surface area (Å²) in [5.74, 6) is -1.33. The van der Waals surface area contributed by atoms with Crippen molar-refractivity contribution in [3.63, 3.8) is 0 Å². The minimum Gasteiger partial charge on any atom is -0.507 e. The third-order valence-electron chi connectivity index (χ3n) is 3.86. The predicted molar refractivity (Wildman–Crippen MR) is 87.4 cm³/mol. The lowest BCUT2D eigenvalue weighted by atomic mass is 10.1. The summed E-state index contributed by atoms with van der Waals surface area (Å²) in [6.07, 6.45) is -4.56. The Morgan fingerprint density at radius 2 is 1.85 bits per heavy atom. The average Bonchev–Trinajstić information content (AvgIpc) is 2.95. The van der Waals surface area contributed by atoms with Gasteiger partial charge in [-0.25, -0.2) is 9.78 Å². The van der Waals surface area contributed by atoms with Crippen LogP contribution < -0.4 is 0 Å². The standard InChI is InChI=1S/C18H13F3N2O3/c1-10-5-7-14(12-9-11(18(19,20)21)6-8-15(12)24)23(10)16-4-2-3-13(22-16)17(25)26/h2-9,24H,1H3,(H,25,26). The molecule has 0 aliphatic rings. The highest BCUT2D eigenvalue weighted by atomic mass is 19.4. The largest absolute Gasteiger partial charge is 0.507 e.